The highest BCUT2D eigenvalue weighted by Gasteiger charge is 2.04. The Kier molecular flexibility index (Phi) is 2.74. The summed E-state index contributed by atoms with van der Waals surface area (Å²) in [5.41, 5.74) is 5.32. The fourth-order valence-electron chi connectivity index (χ4n) is 1.95. The van der Waals surface area contributed by atoms with Gasteiger partial charge in [0.05, 0.1) is 6.57 Å². The van der Waals surface area contributed by atoms with E-state index in [1.54, 1.807) is 0 Å². The molecule has 0 radical (unpaired) electrons. The zero-order valence-electron chi connectivity index (χ0n) is 9.49. The molecule has 16 heavy (non-hydrogen) atoms. The lowest BCUT2D eigenvalue weighted by molar-refractivity contribution is 1.38. The van der Waals surface area contributed by atoms with Crippen molar-refractivity contribution in [3.05, 3.63) is 65.0 Å². The van der Waals surface area contributed by atoms with Crippen molar-refractivity contribution in [2.45, 2.75) is 13.8 Å². The molecule has 0 bridgehead atoms. The van der Waals surface area contributed by atoms with Crippen LogP contribution in [-0.4, -0.2) is 0 Å². The third-order valence-corrected chi connectivity index (χ3v) is 2.56. The summed E-state index contributed by atoms with van der Waals surface area (Å²) in [5.74, 6) is 0. The van der Waals surface area contributed by atoms with E-state index in [2.05, 4.69) is 36.9 Å². The molecule has 0 aliphatic rings. The molecule has 0 saturated heterocycles. The van der Waals surface area contributed by atoms with Crippen LogP contribution in [0.4, 0.5) is 5.69 Å². The SMILES string of the molecule is [C-]#[N+]c1ccccc1-c1cc(C)cc(C)c1. The van der Waals surface area contributed by atoms with Gasteiger partial charge < -0.3 is 0 Å². The number of rotatable bonds is 1. The maximum Gasteiger partial charge on any atom is 0.194 e. The number of hydrogen-bond acceptors (Lipinski definition) is 0. The van der Waals surface area contributed by atoms with Crippen LogP contribution < -0.4 is 0 Å². The Morgan fingerprint density at radius 2 is 1.56 bits per heavy atom. The van der Waals surface area contributed by atoms with E-state index in [1.165, 1.54) is 11.1 Å². The van der Waals surface area contributed by atoms with E-state index in [9.17, 15) is 0 Å². The molecular formula is C15H13N. The number of hydrogen-bond donors (Lipinski definition) is 0. The molecule has 0 N–H and O–H groups in total. The van der Waals surface area contributed by atoms with Crippen LogP contribution in [0.3, 0.4) is 0 Å². The zero-order chi connectivity index (χ0) is 11.5. The van der Waals surface area contributed by atoms with Crippen molar-refractivity contribution in [2.24, 2.45) is 0 Å². The first kappa shape index (κ1) is 10.4. The summed E-state index contributed by atoms with van der Waals surface area (Å²) >= 11 is 0. The summed E-state index contributed by atoms with van der Waals surface area (Å²) in [6.45, 7) is 11.3. The van der Waals surface area contributed by atoms with Gasteiger partial charge in [0.2, 0.25) is 0 Å². The Bertz CT molecular complexity index is 542. The van der Waals surface area contributed by atoms with Crippen LogP contribution in [-0.2, 0) is 0 Å². The van der Waals surface area contributed by atoms with Gasteiger partial charge in [-0.05, 0) is 25.0 Å². The van der Waals surface area contributed by atoms with E-state index in [-0.39, 0.29) is 0 Å². The van der Waals surface area contributed by atoms with Crippen LogP contribution in [0.2, 0.25) is 0 Å². The minimum atomic E-state index is 0.715. The van der Waals surface area contributed by atoms with Gasteiger partial charge in [-0.15, -0.1) is 0 Å². The van der Waals surface area contributed by atoms with E-state index in [0.717, 1.165) is 11.1 Å². The van der Waals surface area contributed by atoms with E-state index in [4.69, 9.17) is 6.57 Å². The molecule has 2 aromatic carbocycles. The second-order valence-corrected chi connectivity index (χ2v) is 4.01. The molecule has 0 spiro atoms. The summed E-state index contributed by atoms with van der Waals surface area (Å²) in [5, 5.41) is 0. The molecular weight excluding hydrogens is 194 g/mol. The molecule has 0 amide bonds. The van der Waals surface area contributed by atoms with Gasteiger partial charge >= 0.3 is 0 Å². The van der Waals surface area contributed by atoms with Gasteiger partial charge in [-0.1, -0.05) is 53.6 Å². The summed E-state index contributed by atoms with van der Waals surface area (Å²) in [7, 11) is 0. The highest BCUT2D eigenvalue weighted by atomic mass is 14.6. The highest BCUT2D eigenvalue weighted by molar-refractivity contribution is 5.79. The van der Waals surface area contributed by atoms with Crippen molar-refractivity contribution in [1.29, 1.82) is 0 Å². The highest BCUT2D eigenvalue weighted by Crippen LogP contribution is 2.31. The second kappa shape index (κ2) is 4.20. The predicted molar refractivity (Wildman–Crippen MR) is 67.6 cm³/mol. The minimum Gasteiger partial charge on any atom is -0.238 e. The molecule has 0 heterocycles. The van der Waals surface area contributed by atoms with E-state index >= 15 is 0 Å². The standard InChI is InChI=1S/C15H13N/c1-11-8-12(2)10-13(9-11)14-6-4-5-7-15(14)16-3/h4-10H,1-2H3. The van der Waals surface area contributed by atoms with E-state index in [1.807, 2.05) is 24.3 Å². The fourth-order valence-corrected chi connectivity index (χ4v) is 1.95. The van der Waals surface area contributed by atoms with Gasteiger partial charge in [0.25, 0.3) is 0 Å². The fraction of sp³-hybridized carbons (Fsp3) is 0.133. The first-order valence-electron chi connectivity index (χ1n) is 5.26. The largest absolute Gasteiger partial charge is 0.238 e. The van der Waals surface area contributed by atoms with Gasteiger partial charge in [0.1, 0.15) is 0 Å². The molecule has 0 aliphatic carbocycles. The smallest absolute Gasteiger partial charge is 0.194 e. The van der Waals surface area contributed by atoms with Gasteiger partial charge in [-0.2, -0.15) is 0 Å². The number of para-hydroxylation sites is 1. The van der Waals surface area contributed by atoms with Crippen LogP contribution in [0.1, 0.15) is 11.1 Å². The van der Waals surface area contributed by atoms with Crippen molar-refractivity contribution in [3.8, 4) is 11.1 Å². The molecule has 2 aromatic rings. The Hall–Kier alpha value is -2.07. The average molecular weight is 207 g/mol. The number of nitrogens with zero attached hydrogens (tertiary/aromatic N) is 1. The molecule has 0 aromatic heterocycles. The van der Waals surface area contributed by atoms with Gasteiger partial charge in [-0.3, -0.25) is 0 Å². The van der Waals surface area contributed by atoms with Gasteiger partial charge in [0.15, 0.2) is 5.69 Å². The molecule has 1 nitrogen and oxygen atoms in total. The Morgan fingerprint density at radius 3 is 2.19 bits per heavy atom. The first-order valence-corrected chi connectivity index (χ1v) is 5.26. The second-order valence-electron chi connectivity index (χ2n) is 4.01. The van der Waals surface area contributed by atoms with Crippen molar-refractivity contribution in [1.82, 2.24) is 0 Å². The molecule has 0 aliphatic heterocycles. The molecule has 0 unspecified atom stereocenters. The third kappa shape index (κ3) is 1.97. The van der Waals surface area contributed by atoms with Crippen molar-refractivity contribution in [3.63, 3.8) is 0 Å². The molecule has 1 heteroatoms. The summed E-state index contributed by atoms with van der Waals surface area (Å²) in [6.07, 6.45) is 0. The van der Waals surface area contributed by atoms with Crippen LogP contribution >= 0.6 is 0 Å². The van der Waals surface area contributed by atoms with Gasteiger partial charge in [0, 0.05) is 0 Å². The van der Waals surface area contributed by atoms with E-state index < -0.39 is 0 Å². The average Bonchev–Trinajstić information content (AvgIpc) is 2.27. The first-order chi connectivity index (χ1) is 7.70. The minimum absolute atomic E-state index is 0.715. The lowest BCUT2D eigenvalue weighted by Crippen LogP contribution is -1.82. The number of benzene rings is 2. The zero-order valence-corrected chi connectivity index (χ0v) is 9.49. The lowest BCUT2D eigenvalue weighted by Gasteiger charge is -2.07. The maximum absolute atomic E-state index is 7.17. The van der Waals surface area contributed by atoms with Crippen molar-refractivity contribution in [2.75, 3.05) is 0 Å². The summed E-state index contributed by atoms with van der Waals surface area (Å²) < 4.78 is 0. The van der Waals surface area contributed by atoms with Crippen LogP contribution in [0.25, 0.3) is 16.0 Å². The maximum atomic E-state index is 7.17. The quantitative estimate of drug-likeness (QED) is 0.605. The monoisotopic (exact) mass is 207 g/mol. The molecule has 0 atom stereocenters. The Labute approximate surface area is 96.2 Å². The van der Waals surface area contributed by atoms with Crippen molar-refractivity contribution >= 4 is 5.69 Å². The van der Waals surface area contributed by atoms with Crippen LogP contribution in [0, 0.1) is 20.4 Å². The Morgan fingerprint density at radius 1 is 0.938 bits per heavy atom. The molecule has 2 rings (SSSR count). The van der Waals surface area contributed by atoms with Gasteiger partial charge in [-0.25, -0.2) is 4.85 Å². The third-order valence-electron chi connectivity index (χ3n) is 2.56. The number of aryl methyl sites for hydroxylation is 2. The van der Waals surface area contributed by atoms with E-state index in [0.29, 0.717) is 5.69 Å². The van der Waals surface area contributed by atoms with Crippen molar-refractivity contribution < 1.29 is 0 Å². The molecule has 78 valence electrons. The van der Waals surface area contributed by atoms with Crippen LogP contribution in [0.5, 0.6) is 0 Å². The topological polar surface area (TPSA) is 4.36 Å². The molecule has 0 fully saturated rings. The normalized spacial score (nSPS) is 9.81. The predicted octanol–water partition coefficient (Wildman–Crippen LogP) is 4.52. The summed E-state index contributed by atoms with van der Waals surface area (Å²) in [4.78, 5) is 3.56. The molecule has 0 saturated carbocycles. The summed E-state index contributed by atoms with van der Waals surface area (Å²) in [6, 6.07) is 14.1. The Balaban J connectivity index is 2.63. The lowest BCUT2D eigenvalue weighted by atomic mass is 9.99. The van der Waals surface area contributed by atoms with Crippen LogP contribution in [0.15, 0.2) is 42.5 Å².